The molecule has 0 amide bonds. The highest BCUT2D eigenvalue weighted by Gasteiger charge is 2.22. The van der Waals surface area contributed by atoms with E-state index in [-0.39, 0.29) is 11.5 Å². The Morgan fingerprint density at radius 2 is 2.11 bits per heavy atom. The third-order valence-electron chi connectivity index (χ3n) is 2.80. The number of nitrogen functional groups attached to an aromatic ring is 1. The molecule has 6 nitrogen and oxygen atoms in total. The van der Waals surface area contributed by atoms with Gasteiger partial charge in [0.05, 0.1) is 11.0 Å². The minimum atomic E-state index is -0.996. The van der Waals surface area contributed by atoms with Crippen molar-refractivity contribution in [2.45, 2.75) is 13.0 Å². The molecule has 0 radical (unpaired) electrons. The minimum absolute atomic E-state index is 0.137. The minimum Gasteiger partial charge on any atom is -0.378 e. The zero-order chi connectivity index (χ0) is 14.2. The quantitative estimate of drug-likeness (QED) is 0.683. The van der Waals surface area contributed by atoms with Crippen LogP contribution in [0.5, 0.6) is 0 Å². The SMILES string of the molecule is CC(c1ccc(F)c(F)c1)n1ncc([N+](=O)[O-])c1N. The van der Waals surface area contributed by atoms with Crippen LogP contribution in [0.15, 0.2) is 24.4 Å². The Balaban J connectivity index is 2.41. The van der Waals surface area contributed by atoms with Gasteiger partial charge in [-0.05, 0) is 24.6 Å². The summed E-state index contributed by atoms with van der Waals surface area (Å²) < 4.78 is 27.2. The maximum Gasteiger partial charge on any atom is 0.330 e. The summed E-state index contributed by atoms with van der Waals surface area (Å²) >= 11 is 0. The Kier molecular flexibility index (Phi) is 3.16. The zero-order valence-corrected chi connectivity index (χ0v) is 9.88. The van der Waals surface area contributed by atoms with Crippen LogP contribution in [0.3, 0.4) is 0 Å². The number of hydrogen-bond donors (Lipinski definition) is 1. The average molecular weight is 268 g/mol. The van der Waals surface area contributed by atoms with Gasteiger partial charge in [0, 0.05) is 0 Å². The topological polar surface area (TPSA) is 87.0 Å². The molecule has 1 aromatic heterocycles. The summed E-state index contributed by atoms with van der Waals surface area (Å²) in [5.74, 6) is -2.10. The highest BCUT2D eigenvalue weighted by atomic mass is 19.2. The lowest BCUT2D eigenvalue weighted by Gasteiger charge is -2.13. The molecule has 1 unspecified atom stereocenters. The lowest BCUT2D eigenvalue weighted by molar-refractivity contribution is -0.384. The summed E-state index contributed by atoms with van der Waals surface area (Å²) in [4.78, 5) is 10.00. The monoisotopic (exact) mass is 268 g/mol. The van der Waals surface area contributed by atoms with Crippen molar-refractivity contribution in [3.05, 3.63) is 51.7 Å². The number of rotatable bonds is 3. The van der Waals surface area contributed by atoms with E-state index in [0.29, 0.717) is 5.56 Å². The molecule has 0 saturated heterocycles. The highest BCUT2D eigenvalue weighted by Crippen LogP contribution is 2.27. The van der Waals surface area contributed by atoms with Crippen LogP contribution in [0.25, 0.3) is 0 Å². The molecule has 19 heavy (non-hydrogen) atoms. The number of hydrogen-bond acceptors (Lipinski definition) is 4. The summed E-state index contributed by atoms with van der Waals surface area (Å²) in [6.45, 7) is 1.62. The molecule has 2 aromatic rings. The van der Waals surface area contributed by atoms with Crippen molar-refractivity contribution in [1.29, 1.82) is 0 Å². The van der Waals surface area contributed by atoms with Gasteiger partial charge in [0.2, 0.25) is 5.82 Å². The second-order valence-corrected chi connectivity index (χ2v) is 3.97. The Bertz CT molecular complexity index is 642. The van der Waals surface area contributed by atoms with Gasteiger partial charge in [0.1, 0.15) is 6.20 Å². The van der Waals surface area contributed by atoms with E-state index in [1.54, 1.807) is 6.92 Å². The molecule has 0 spiro atoms. The molecule has 2 N–H and O–H groups in total. The molecule has 100 valence electrons. The van der Waals surface area contributed by atoms with E-state index in [0.717, 1.165) is 18.3 Å². The molecule has 0 saturated carbocycles. The van der Waals surface area contributed by atoms with Crippen molar-refractivity contribution in [3.63, 3.8) is 0 Å². The predicted molar refractivity (Wildman–Crippen MR) is 63.5 cm³/mol. The smallest absolute Gasteiger partial charge is 0.330 e. The Hall–Kier alpha value is -2.51. The van der Waals surface area contributed by atoms with Crippen LogP contribution >= 0.6 is 0 Å². The van der Waals surface area contributed by atoms with Crippen molar-refractivity contribution in [2.24, 2.45) is 0 Å². The largest absolute Gasteiger partial charge is 0.378 e. The molecule has 0 aliphatic heterocycles. The molecule has 0 fully saturated rings. The van der Waals surface area contributed by atoms with Crippen LogP contribution in [-0.2, 0) is 0 Å². The molecule has 1 atom stereocenters. The van der Waals surface area contributed by atoms with E-state index in [9.17, 15) is 18.9 Å². The van der Waals surface area contributed by atoms with Crippen LogP contribution in [0, 0.1) is 21.7 Å². The standard InChI is InChI=1S/C11H10F2N4O2/c1-6(7-2-3-8(12)9(13)4-7)16-11(14)10(5-15-16)17(18)19/h2-6H,14H2,1H3. The third-order valence-corrected chi connectivity index (χ3v) is 2.80. The summed E-state index contributed by atoms with van der Waals surface area (Å²) in [7, 11) is 0. The van der Waals surface area contributed by atoms with Gasteiger partial charge in [-0.15, -0.1) is 0 Å². The van der Waals surface area contributed by atoms with Gasteiger partial charge in [-0.1, -0.05) is 6.07 Å². The maximum atomic E-state index is 13.1. The fourth-order valence-corrected chi connectivity index (χ4v) is 1.73. The Morgan fingerprint density at radius 1 is 1.42 bits per heavy atom. The van der Waals surface area contributed by atoms with Gasteiger partial charge < -0.3 is 5.73 Å². The fourth-order valence-electron chi connectivity index (χ4n) is 1.73. The van der Waals surface area contributed by atoms with Crippen molar-refractivity contribution in [2.75, 3.05) is 5.73 Å². The van der Waals surface area contributed by atoms with Crippen molar-refractivity contribution < 1.29 is 13.7 Å². The second kappa shape index (κ2) is 4.63. The normalized spacial score (nSPS) is 12.4. The van der Waals surface area contributed by atoms with E-state index >= 15 is 0 Å². The summed E-state index contributed by atoms with van der Waals surface area (Å²) in [5.41, 5.74) is 5.68. The van der Waals surface area contributed by atoms with Crippen LogP contribution in [0.2, 0.25) is 0 Å². The summed E-state index contributed by atoms with van der Waals surface area (Å²) in [6, 6.07) is 2.81. The number of anilines is 1. The van der Waals surface area contributed by atoms with E-state index in [1.165, 1.54) is 10.7 Å². The first-order valence-corrected chi connectivity index (χ1v) is 5.34. The lowest BCUT2D eigenvalue weighted by Crippen LogP contribution is -2.12. The van der Waals surface area contributed by atoms with Gasteiger partial charge in [-0.2, -0.15) is 5.10 Å². The summed E-state index contributed by atoms with van der Waals surface area (Å²) in [5, 5.41) is 14.5. The first-order valence-electron chi connectivity index (χ1n) is 5.34. The molecular formula is C11H10F2N4O2. The van der Waals surface area contributed by atoms with Gasteiger partial charge in [-0.3, -0.25) is 10.1 Å². The molecular weight excluding hydrogens is 258 g/mol. The number of nitro groups is 1. The van der Waals surface area contributed by atoms with Gasteiger partial charge >= 0.3 is 5.69 Å². The lowest BCUT2D eigenvalue weighted by atomic mass is 10.1. The molecule has 0 aliphatic carbocycles. The van der Waals surface area contributed by atoms with Crippen LogP contribution in [-0.4, -0.2) is 14.7 Å². The first kappa shape index (κ1) is 12.9. The molecule has 1 heterocycles. The third kappa shape index (κ3) is 2.24. The van der Waals surface area contributed by atoms with Crippen molar-refractivity contribution in [1.82, 2.24) is 9.78 Å². The number of benzene rings is 1. The molecule has 8 heteroatoms. The van der Waals surface area contributed by atoms with Gasteiger partial charge in [0.25, 0.3) is 0 Å². The van der Waals surface area contributed by atoms with Crippen LogP contribution in [0.1, 0.15) is 18.5 Å². The van der Waals surface area contributed by atoms with Crippen LogP contribution in [0.4, 0.5) is 20.3 Å². The predicted octanol–water partition coefficient (Wildman–Crippen LogP) is 2.26. The Labute approximate surface area is 106 Å². The second-order valence-electron chi connectivity index (χ2n) is 3.97. The van der Waals surface area contributed by atoms with Crippen molar-refractivity contribution >= 4 is 11.5 Å². The Morgan fingerprint density at radius 3 is 2.63 bits per heavy atom. The van der Waals surface area contributed by atoms with Crippen LogP contribution < -0.4 is 5.73 Å². The number of nitrogens with two attached hydrogens (primary N) is 1. The van der Waals surface area contributed by atoms with E-state index in [1.807, 2.05) is 0 Å². The van der Waals surface area contributed by atoms with E-state index in [4.69, 9.17) is 5.73 Å². The number of aromatic nitrogens is 2. The molecule has 1 aromatic carbocycles. The number of nitrogens with zero attached hydrogens (tertiary/aromatic N) is 3. The maximum absolute atomic E-state index is 13.1. The van der Waals surface area contributed by atoms with E-state index in [2.05, 4.69) is 5.10 Å². The molecule has 0 aliphatic rings. The average Bonchev–Trinajstić information content (AvgIpc) is 2.74. The number of halogens is 2. The fraction of sp³-hybridized carbons (Fsp3) is 0.182. The van der Waals surface area contributed by atoms with Crippen molar-refractivity contribution in [3.8, 4) is 0 Å². The zero-order valence-electron chi connectivity index (χ0n) is 9.88. The van der Waals surface area contributed by atoms with E-state index < -0.39 is 22.6 Å². The molecule has 0 bridgehead atoms. The molecule has 2 rings (SSSR count). The first-order chi connectivity index (χ1) is 8.91. The summed E-state index contributed by atoms with van der Waals surface area (Å²) in [6.07, 6.45) is 1.02. The van der Waals surface area contributed by atoms with Gasteiger partial charge in [-0.25, -0.2) is 13.5 Å². The highest BCUT2D eigenvalue weighted by molar-refractivity contribution is 5.52. The van der Waals surface area contributed by atoms with Gasteiger partial charge in [0.15, 0.2) is 11.6 Å².